The molecule has 0 bridgehead atoms. The smallest absolute Gasteiger partial charge is 0.397 e. The van der Waals surface area contributed by atoms with E-state index in [9.17, 15) is 14.7 Å². The van der Waals surface area contributed by atoms with Gasteiger partial charge in [-0.05, 0) is 29.2 Å². The van der Waals surface area contributed by atoms with E-state index in [1.807, 2.05) is 18.2 Å². The number of rotatable bonds is 6. The summed E-state index contributed by atoms with van der Waals surface area (Å²) in [6.07, 6.45) is 0.0823. The Morgan fingerprint density at radius 3 is 2.63 bits per heavy atom. The van der Waals surface area contributed by atoms with Gasteiger partial charge < -0.3 is 19.3 Å². The van der Waals surface area contributed by atoms with Gasteiger partial charge in [0, 0.05) is 13.1 Å². The summed E-state index contributed by atoms with van der Waals surface area (Å²) in [5, 5.41) is 12.5. The Morgan fingerprint density at radius 2 is 1.81 bits per heavy atom. The van der Waals surface area contributed by atoms with Crippen LogP contribution in [0.25, 0.3) is 10.8 Å². The molecule has 7 nitrogen and oxygen atoms in total. The van der Waals surface area contributed by atoms with Crippen molar-refractivity contribution >= 4 is 22.7 Å². The highest BCUT2D eigenvalue weighted by Gasteiger charge is 2.61. The molecule has 4 rings (SSSR count). The second-order valence-corrected chi connectivity index (χ2v) is 6.70. The first-order chi connectivity index (χ1) is 13.1. The molecule has 1 atom stereocenters. The van der Waals surface area contributed by atoms with E-state index in [4.69, 9.17) is 14.2 Å². The Kier molecular flexibility index (Phi) is 4.82. The summed E-state index contributed by atoms with van der Waals surface area (Å²) in [6.45, 7) is 1.74. The van der Waals surface area contributed by atoms with Gasteiger partial charge in [-0.1, -0.05) is 42.5 Å². The number of nitrogens with zero attached hydrogens (tertiary/aromatic N) is 1. The lowest BCUT2D eigenvalue weighted by molar-refractivity contribution is -0.269. The number of aliphatic hydroxyl groups excluding tert-OH is 1. The Labute approximate surface area is 156 Å². The van der Waals surface area contributed by atoms with Gasteiger partial charge in [-0.25, -0.2) is 14.5 Å². The van der Waals surface area contributed by atoms with Crippen LogP contribution in [0.1, 0.15) is 12.0 Å². The predicted octanol–water partition coefficient (Wildman–Crippen LogP) is 1.22. The summed E-state index contributed by atoms with van der Waals surface area (Å²) in [4.78, 5) is 24.4. The summed E-state index contributed by atoms with van der Waals surface area (Å²) in [7, 11) is 0. The molecule has 2 aromatic carbocycles. The molecular formula is C20H21NO6. The molecule has 2 fully saturated rings. The highest BCUT2D eigenvalue weighted by atomic mass is 16.8. The number of carbonyl (C=O) groups excluding carboxylic acids is 2. The van der Waals surface area contributed by atoms with E-state index in [-0.39, 0.29) is 0 Å². The van der Waals surface area contributed by atoms with Gasteiger partial charge in [0.15, 0.2) is 0 Å². The zero-order valence-electron chi connectivity index (χ0n) is 14.8. The van der Waals surface area contributed by atoms with E-state index >= 15 is 0 Å². The number of esters is 2. The predicted molar refractivity (Wildman–Crippen MR) is 95.6 cm³/mol. The molecule has 2 aliphatic rings. The van der Waals surface area contributed by atoms with Crippen LogP contribution >= 0.6 is 0 Å². The first-order valence-corrected chi connectivity index (χ1v) is 9.04. The molecular weight excluding hydrogens is 350 g/mol. The second-order valence-electron chi connectivity index (χ2n) is 6.70. The highest BCUT2D eigenvalue weighted by Crippen LogP contribution is 2.36. The van der Waals surface area contributed by atoms with Gasteiger partial charge in [-0.2, -0.15) is 0 Å². The average Bonchev–Trinajstić information content (AvgIpc) is 3.14. The molecule has 7 heteroatoms. The fourth-order valence-corrected chi connectivity index (χ4v) is 3.70. The molecule has 142 valence electrons. The Morgan fingerprint density at radius 1 is 1.07 bits per heavy atom. The lowest BCUT2D eigenvalue weighted by atomic mass is 10.0. The molecule has 1 unspecified atom stereocenters. The molecule has 2 heterocycles. The standard InChI is InChI=1S/C20H21NO6/c22-17-8-10-21(20(17)26-18(23)19(24)27-20)11-13-25-12-9-15-6-3-5-14-4-1-2-7-16(14)15/h1-7,17,22H,8-13H2. The largest absolute Gasteiger partial charge is 0.422 e. The van der Waals surface area contributed by atoms with Crippen molar-refractivity contribution < 1.29 is 28.9 Å². The van der Waals surface area contributed by atoms with Gasteiger partial charge in [0.25, 0.3) is 0 Å². The maximum absolute atomic E-state index is 11.4. The van der Waals surface area contributed by atoms with E-state index in [0.717, 1.165) is 6.42 Å². The lowest BCUT2D eigenvalue weighted by Crippen LogP contribution is -2.52. The summed E-state index contributed by atoms with van der Waals surface area (Å²) in [5.41, 5.74) is 1.22. The van der Waals surface area contributed by atoms with E-state index in [1.54, 1.807) is 4.90 Å². The Bertz CT molecular complexity index is 845. The fourth-order valence-electron chi connectivity index (χ4n) is 3.70. The van der Waals surface area contributed by atoms with E-state index in [1.165, 1.54) is 16.3 Å². The number of hydrogen-bond acceptors (Lipinski definition) is 7. The van der Waals surface area contributed by atoms with Crippen molar-refractivity contribution in [3.8, 4) is 0 Å². The van der Waals surface area contributed by atoms with Crippen LogP contribution in [-0.2, 0) is 30.2 Å². The maximum atomic E-state index is 11.4. The third-order valence-corrected chi connectivity index (χ3v) is 5.08. The van der Waals surface area contributed by atoms with Gasteiger partial charge in [0.05, 0.1) is 13.2 Å². The third kappa shape index (κ3) is 3.29. The van der Waals surface area contributed by atoms with Crippen LogP contribution in [0.2, 0.25) is 0 Å². The Hall–Kier alpha value is -2.48. The van der Waals surface area contributed by atoms with Crippen molar-refractivity contribution in [2.45, 2.75) is 24.9 Å². The zero-order chi connectivity index (χ0) is 18.9. The van der Waals surface area contributed by atoms with Crippen molar-refractivity contribution in [3.63, 3.8) is 0 Å². The minimum absolute atomic E-state index is 0.358. The van der Waals surface area contributed by atoms with Crippen molar-refractivity contribution in [1.82, 2.24) is 4.90 Å². The highest BCUT2D eigenvalue weighted by molar-refractivity contribution is 6.31. The van der Waals surface area contributed by atoms with Crippen LogP contribution in [0.3, 0.4) is 0 Å². The molecule has 2 aliphatic heterocycles. The van der Waals surface area contributed by atoms with E-state index in [2.05, 4.69) is 24.3 Å². The molecule has 0 aromatic heterocycles. The fraction of sp³-hybridized carbons (Fsp3) is 0.400. The Balaban J connectivity index is 1.30. The minimum Gasteiger partial charge on any atom is -0.397 e. The number of hydrogen-bond donors (Lipinski definition) is 1. The number of likely N-dealkylation sites (tertiary alicyclic amines) is 1. The summed E-state index contributed by atoms with van der Waals surface area (Å²) < 4.78 is 15.8. The van der Waals surface area contributed by atoms with Gasteiger partial charge in [0.2, 0.25) is 0 Å². The first kappa shape index (κ1) is 17.9. The van der Waals surface area contributed by atoms with Gasteiger partial charge in [-0.3, -0.25) is 0 Å². The molecule has 0 saturated carbocycles. The van der Waals surface area contributed by atoms with Gasteiger partial charge in [-0.15, -0.1) is 0 Å². The van der Waals surface area contributed by atoms with E-state index in [0.29, 0.717) is 32.7 Å². The third-order valence-electron chi connectivity index (χ3n) is 5.08. The second kappa shape index (κ2) is 7.26. The number of fused-ring (bicyclic) bond motifs is 1. The molecule has 27 heavy (non-hydrogen) atoms. The van der Waals surface area contributed by atoms with Crippen LogP contribution < -0.4 is 0 Å². The normalized spacial score (nSPS) is 21.7. The molecule has 2 saturated heterocycles. The number of benzene rings is 2. The SMILES string of the molecule is O=C1OC2(OC1=O)C(O)CCN2CCOCCc1cccc2ccccc12. The number of aliphatic hydroxyl groups is 1. The van der Waals surface area contributed by atoms with Crippen molar-refractivity contribution in [1.29, 1.82) is 0 Å². The van der Waals surface area contributed by atoms with Gasteiger partial charge >= 0.3 is 17.8 Å². The summed E-state index contributed by atoms with van der Waals surface area (Å²) in [6, 6.07) is 14.4. The molecule has 1 spiro atoms. The van der Waals surface area contributed by atoms with Crippen LogP contribution in [0, 0.1) is 0 Å². The molecule has 0 amide bonds. The van der Waals surface area contributed by atoms with Crippen LogP contribution in [0.15, 0.2) is 42.5 Å². The quantitative estimate of drug-likeness (QED) is 0.464. The first-order valence-electron chi connectivity index (χ1n) is 9.04. The minimum atomic E-state index is -1.69. The molecule has 0 aliphatic carbocycles. The lowest BCUT2D eigenvalue weighted by Gasteiger charge is -2.32. The summed E-state index contributed by atoms with van der Waals surface area (Å²) >= 11 is 0. The van der Waals surface area contributed by atoms with Crippen LogP contribution in [0.4, 0.5) is 0 Å². The van der Waals surface area contributed by atoms with Crippen molar-refractivity contribution in [3.05, 3.63) is 48.0 Å². The monoisotopic (exact) mass is 371 g/mol. The van der Waals surface area contributed by atoms with Crippen LogP contribution in [-0.4, -0.2) is 60.3 Å². The van der Waals surface area contributed by atoms with Crippen LogP contribution in [0.5, 0.6) is 0 Å². The average molecular weight is 371 g/mol. The summed E-state index contributed by atoms with van der Waals surface area (Å²) in [5.74, 6) is -3.83. The molecule has 1 N–H and O–H groups in total. The van der Waals surface area contributed by atoms with Gasteiger partial charge in [0.1, 0.15) is 6.10 Å². The molecule has 0 radical (unpaired) electrons. The van der Waals surface area contributed by atoms with E-state index < -0.39 is 24.0 Å². The zero-order valence-corrected chi connectivity index (χ0v) is 14.8. The number of carbonyl (C=O) groups is 2. The molecule has 2 aromatic rings. The number of ether oxygens (including phenoxy) is 3. The van der Waals surface area contributed by atoms with Crippen molar-refractivity contribution in [2.24, 2.45) is 0 Å². The maximum Gasteiger partial charge on any atom is 0.422 e. The topological polar surface area (TPSA) is 85.3 Å². The van der Waals surface area contributed by atoms with Crippen molar-refractivity contribution in [2.75, 3.05) is 26.3 Å².